The van der Waals surface area contributed by atoms with Gasteiger partial charge in [0.1, 0.15) is 11.9 Å². The van der Waals surface area contributed by atoms with Crippen molar-refractivity contribution in [2.45, 2.75) is 12.5 Å². The first kappa shape index (κ1) is 14.4. The van der Waals surface area contributed by atoms with E-state index in [1.807, 2.05) is 42.5 Å². The second-order valence-corrected chi connectivity index (χ2v) is 5.46. The van der Waals surface area contributed by atoms with Crippen molar-refractivity contribution in [1.82, 2.24) is 9.97 Å². The zero-order valence-corrected chi connectivity index (χ0v) is 13.0. The van der Waals surface area contributed by atoms with Crippen molar-refractivity contribution < 1.29 is 4.74 Å². The van der Waals surface area contributed by atoms with E-state index in [1.165, 1.54) is 0 Å². The maximum Gasteiger partial charge on any atom is 0.243 e. The summed E-state index contributed by atoms with van der Waals surface area (Å²) in [7, 11) is 0. The molecule has 0 fully saturated rings. The summed E-state index contributed by atoms with van der Waals surface area (Å²) in [5.74, 6) is 1.32. The Morgan fingerprint density at radius 2 is 1.67 bits per heavy atom. The maximum absolute atomic E-state index is 6.16. The third-order valence-electron chi connectivity index (χ3n) is 3.87. The number of fused-ring (bicyclic) bond motifs is 1. The van der Waals surface area contributed by atoms with E-state index in [9.17, 15) is 0 Å². The minimum absolute atomic E-state index is 0.0571. The van der Waals surface area contributed by atoms with Gasteiger partial charge in [-0.25, -0.2) is 15.4 Å². The fraction of sp³-hybridized carbons (Fsp3) is 0.105. The number of nitrogens with zero attached hydrogens (tertiary/aromatic N) is 3. The van der Waals surface area contributed by atoms with Gasteiger partial charge >= 0.3 is 0 Å². The van der Waals surface area contributed by atoms with Crippen LogP contribution in [0, 0.1) is 0 Å². The second-order valence-electron chi connectivity index (χ2n) is 5.46. The Hall–Kier alpha value is -3.21. The first-order valence-electron chi connectivity index (χ1n) is 7.81. The zero-order valence-electron chi connectivity index (χ0n) is 13.0. The van der Waals surface area contributed by atoms with Crippen LogP contribution in [0.15, 0.2) is 78.2 Å². The highest BCUT2D eigenvalue weighted by atomic mass is 16.5. The summed E-state index contributed by atoms with van der Waals surface area (Å²) in [6.07, 6.45) is 3.99. The zero-order chi connectivity index (χ0) is 16.2. The third kappa shape index (κ3) is 2.96. The number of anilines is 1. The van der Waals surface area contributed by atoms with Gasteiger partial charge in [0.2, 0.25) is 5.95 Å². The van der Waals surface area contributed by atoms with E-state index < -0.39 is 0 Å². The van der Waals surface area contributed by atoms with Gasteiger partial charge in [0.05, 0.1) is 5.71 Å². The Kier molecular flexibility index (Phi) is 3.90. The molecule has 1 aromatic heterocycles. The van der Waals surface area contributed by atoms with E-state index in [4.69, 9.17) is 4.74 Å². The monoisotopic (exact) mass is 316 g/mol. The number of benzene rings is 2. The van der Waals surface area contributed by atoms with Crippen LogP contribution >= 0.6 is 0 Å². The Balaban J connectivity index is 1.67. The number of aromatic nitrogens is 2. The van der Waals surface area contributed by atoms with E-state index in [2.05, 4.69) is 32.6 Å². The highest BCUT2D eigenvalue weighted by Crippen LogP contribution is 2.35. The van der Waals surface area contributed by atoms with Gasteiger partial charge in [-0.1, -0.05) is 42.5 Å². The van der Waals surface area contributed by atoms with Crippen molar-refractivity contribution in [3.8, 4) is 5.75 Å². The molecule has 1 unspecified atom stereocenters. The quantitative estimate of drug-likeness (QED) is 0.746. The molecule has 1 atom stereocenters. The van der Waals surface area contributed by atoms with E-state index in [0.29, 0.717) is 12.4 Å². The van der Waals surface area contributed by atoms with E-state index in [1.54, 1.807) is 18.5 Å². The van der Waals surface area contributed by atoms with Crippen LogP contribution in [0.5, 0.6) is 5.75 Å². The minimum Gasteiger partial charge on any atom is -0.485 e. The summed E-state index contributed by atoms with van der Waals surface area (Å²) in [4.78, 5) is 8.27. The molecule has 1 aliphatic heterocycles. The molecule has 0 amide bonds. The first-order valence-corrected chi connectivity index (χ1v) is 7.81. The van der Waals surface area contributed by atoms with Gasteiger partial charge in [0.15, 0.2) is 0 Å². The standard InChI is InChI=1S/C19H16N4O/c1-2-7-14(8-3-1)18-13-16(15-9-4-5-10-17(15)24-18)22-23-19-20-11-6-12-21-19/h1-12,18H,13H2,(H,20,21,23)/b22-16-. The molecule has 0 spiro atoms. The lowest BCUT2D eigenvalue weighted by Crippen LogP contribution is -2.22. The molecular formula is C19H16N4O. The summed E-state index contributed by atoms with van der Waals surface area (Å²) in [5.41, 5.74) is 5.99. The molecule has 0 radical (unpaired) electrons. The van der Waals surface area contributed by atoms with Crippen molar-refractivity contribution in [3.05, 3.63) is 84.2 Å². The van der Waals surface area contributed by atoms with Gasteiger partial charge in [0.25, 0.3) is 0 Å². The van der Waals surface area contributed by atoms with Crippen LogP contribution < -0.4 is 10.2 Å². The molecule has 4 rings (SSSR count). The molecule has 2 aromatic carbocycles. The third-order valence-corrected chi connectivity index (χ3v) is 3.87. The van der Waals surface area contributed by atoms with Crippen LogP contribution in [0.2, 0.25) is 0 Å². The number of hydrogen-bond donors (Lipinski definition) is 1. The highest BCUT2D eigenvalue weighted by molar-refractivity contribution is 6.04. The molecule has 3 aromatic rings. The fourth-order valence-corrected chi connectivity index (χ4v) is 2.72. The summed E-state index contributed by atoms with van der Waals surface area (Å²) >= 11 is 0. The predicted octanol–water partition coefficient (Wildman–Crippen LogP) is 3.82. The van der Waals surface area contributed by atoms with Crippen molar-refractivity contribution in [1.29, 1.82) is 0 Å². The van der Waals surface area contributed by atoms with Crippen LogP contribution in [-0.2, 0) is 0 Å². The van der Waals surface area contributed by atoms with Gasteiger partial charge in [-0.05, 0) is 23.8 Å². The largest absolute Gasteiger partial charge is 0.485 e. The molecule has 0 saturated carbocycles. The lowest BCUT2D eigenvalue weighted by molar-refractivity contribution is 0.206. The molecular weight excluding hydrogens is 300 g/mol. The number of para-hydroxylation sites is 1. The van der Waals surface area contributed by atoms with E-state index in [-0.39, 0.29) is 6.10 Å². The van der Waals surface area contributed by atoms with Gasteiger partial charge in [0, 0.05) is 24.4 Å². The number of nitrogens with one attached hydrogen (secondary N) is 1. The highest BCUT2D eigenvalue weighted by Gasteiger charge is 2.26. The number of rotatable bonds is 3. The Bertz CT molecular complexity index is 850. The molecule has 2 heterocycles. The Morgan fingerprint density at radius 1 is 0.917 bits per heavy atom. The molecule has 0 bridgehead atoms. The van der Waals surface area contributed by atoms with Crippen LogP contribution in [0.4, 0.5) is 5.95 Å². The number of ether oxygens (including phenoxy) is 1. The summed E-state index contributed by atoms with van der Waals surface area (Å²) in [6.45, 7) is 0. The second kappa shape index (κ2) is 6.50. The molecule has 24 heavy (non-hydrogen) atoms. The first-order chi connectivity index (χ1) is 11.9. The lowest BCUT2D eigenvalue weighted by Gasteiger charge is -2.27. The fourth-order valence-electron chi connectivity index (χ4n) is 2.72. The molecule has 0 aliphatic carbocycles. The van der Waals surface area contributed by atoms with E-state index >= 15 is 0 Å². The summed E-state index contributed by atoms with van der Waals surface area (Å²) in [6, 6.07) is 19.9. The summed E-state index contributed by atoms with van der Waals surface area (Å²) < 4.78 is 6.16. The van der Waals surface area contributed by atoms with Crippen molar-refractivity contribution in [3.63, 3.8) is 0 Å². The lowest BCUT2D eigenvalue weighted by atomic mass is 9.96. The average molecular weight is 316 g/mol. The predicted molar refractivity (Wildman–Crippen MR) is 93.1 cm³/mol. The van der Waals surface area contributed by atoms with Crippen molar-refractivity contribution in [2.75, 3.05) is 5.43 Å². The minimum atomic E-state index is -0.0571. The normalized spacial score (nSPS) is 17.8. The van der Waals surface area contributed by atoms with Crippen LogP contribution in [-0.4, -0.2) is 15.7 Å². The van der Waals surface area contributed by atoms with Gasteiger partial charge in [-0.15, -0.1) is 0 Å². The smallest absolute Gasteiger partial charge is 0.243 e. The van der Waals surface area contributed by atoms with Crippen molar-refractivity contribution in [2.24, 2.45) is 5.10 Å². The number of hydrogen-bond acceptors (Lipinski definition) is 5. The molecule has 0 saturated heterocycles. The van der Waals surface area contributed by atoms with Crippen LogP contribution in [0.3, 0.4) is 0 Å². The average Bonchev–Trinajstić information content (AvgIpc) is 2.67. The summed E-state index contributed by atoms with van der Waals surface area (Å²) in [5, 5.41) is 4.53. The molecule has 5 nitrogen and oxygen atoms in total. The van der Waals surface area contributed by atoms with E-state index in [0.717, 1.165) is 22.6 Å². The van der Waals surface area contributed by atoms with Crippen molar-refractivity contribution >= 4 is 11.7 Å². The Labute approximate surface area is 140 Å². The van der Waals surface area contributed by atoms with Gasteiger partial charge in [-0.2, -0.15) is 5.10 Å². The molecule has 1 aliphatic rings. The molecule has 1 N–H and O–H groups in total. The maximum atomic E-state index is 6.16. The van der Waals surface area contributed by atoms with Crippen LogP contribution in [0.1, 0.15) is 23.7 Å². The van der Waals surface area contributed by atoms with Gasteiger partial charge < -0.3 is 4.74 Å². The molecule has 118 valence electrons. The SMILES string of the molecule is c1ccc(C2C/C(=N/Nc3ncccn3)c3ccccc3O2)cc1. The topological polar surface area (TPSA) is 59.4 Å². The van der Waals surface area contributed by atoms with Gasteiger partial charge in [-0.3, -0.25) is 0 Å². The van der Waals surface area contributed by atoms with Crippen LogP contribution in [0.25, 0.3) is 0 Å². The Morgan fingerprint density at radius 3 is 2.50 bits per heavy atom. The molecule has 5 heteroatoms. The number of hydrazone groups is 1.